The topological polar surface area (TPSA) is 89.2 Å². The number of methoxy groups -OCH3 is 1. The molecule has 154 valence electrons. The molecule has 7 nitrogen and oxygen atoms in total. The number of nitrogens with zero attached hydrogens (tertiary/aromatic N) is 3. The molecular formula is C22H21FN4O3. The van der Waals surface area contributed by atoms with Crippen LogP contribution >= 0.6 is 0 Å². The van der Waals surface area contributed by atoms with E-state index in [9.17, 15) is 9.18 Å². The highest BCUT2D eigenvalue weighted by molar-refractivity contribution is 5.90. The van der Waals surface area contributed by atoms with Gasteiger partial charge < -0.3 is 19.4 Å². The van der Waals surface area contributed by atoms with Crippen LogP contribution in [0.1, 0.15) is 24.2 Å². The number of nitrogens with one attached hydrogen (secondary N) is 1. The predicted molar refractivity (Wildman–Crippen MR) is 109 cm³/mol. The number of imidazole rings is 1. The van der Waals surface area contributed by atoms with Gasteiger partial charge in [0, 0.05) is 30.6 Å². The average Bonchev–Trinajstić information content (AvgIpc) is 3.17. The lowest BCUT2D eigenvalue weighted by atomic mass is 10.2. The fraction of sp³-hybridized carbons (Fsp3) is 0.227. The number of rotatable bonds is 8. The Balaban J connectivity index is 1.50. The molecule has 0 aliphatic rings. The van der Waals surface area contributed by atoms with E-state index in [0.717, 1.165) is 0 Å². The second-order valence-corrected chi connectivity index (χ2v) is 6.49. The minimum absolute atomic E-state index is 0.211. The van der Waals surface area contributed by atoms with Gasteiger partial charge in [-0.3, -0.25) is 4.79 Å². The van der Waals surface area contributed by atoms with E-state index in [2.05, 4.69) is 10.3 Å². The summed E-state index contributed by atoms with van der Waals surface area (Å²) >= 11 is 0. The van der Waals surface area contributed by atoms with Gasteiger partial charge in [0.05, 0.1) is 31.0 Å². The van der Waals surface area contributed by atoms with Crippen molar-refractivity contribution in [1.82, 2.24) is 9.55 Å². The van der Waals surface area contributed by atoms with Gasteiger partial charge in [0.2, 0.25) is 5.91 Å². The first-order valence-corrected chi connectivity index (χ1v) is 9.32. The lowest BCUT2D eigenvalue weighted by molar-refractivity contribution is -0.116. The summed E-state index contributed by atoms with van der Waals surface area (Å²) in [6.45, 7) is 2.08. The number of hydrogen-bond acceptors (Lipinski definition) is 5. The number of halogens is 1. The van der Waals surface area contributed by atoms with Crippen LogP contribution in [0, 0.1) is 24.1 Å². The zero-order valence-corrected chi connectivity index (χ0v) is 16.7. The quantitative estimate of drug-likeness (QED) is 0.569. The van der Waals surface area contributed by atoms with Gasteiger partial charge in [0.25, 0.3) is 0 Å². The molecule has 3 rings (SSSR count). The van der Waals surface area contributed by atoms with E-state index in [1.807, 2.05) is 6.07 Å². The van der Waals surface area contributed by atoms with E-state index in [0.29, 0.717) is 47.3 Å². The Kier molecular flexibility index (Phi) is 6.65. The number of aryl methyl sites for hydroxylation is 1. The largest absolute Gasteiger partial charge is 0.493 e. The molecule has 0 unspecified atom stereocenters. The highest BCUT2D eigenvalue weighted by atomic mass is 19.1. The maximum absolute atomic E-state index is 14.4. The van der Waals surface area contributed by atoms with Crippen LogP contribution in [0.2, 0.25) is 0 Å². The SMILES string of the molecule is COc1cc(C#N)ccc1OCCCC(=O)Nc1ccc(-n2ccnc2C)c(F)c1. The Morgan fingerprint density at radius 3 is 2.77 bits per heavy atom. The zero-order chi connectivity index (χ0) is 21.5. The molecule has 0 atom stereocenters. The third kappa shape index (κ3) is 4.94. The van der Waals surface area contributed by atoms with Crippen molar-refractivity contribution < 1.29 is 18.7 Å². The molecule has 0 aliphatic carbocycles. The highest BCUT2D eigenvalue weighted by Crippen LogP contribution is 2.28. The number of amides is 1. The van der Waals surface area contributed by atoms with Crippen LogP contribution < -0.4 is 14.8 Å². The summed E-state index contributed by atoms with van der Waals surface area (Å²) in [6.07, 6.45) is 3.95. The van der Waals surface area contributed by atoms with E-state index in [1.165, 1.54) is 13.2 Å². The van der Waals surface area contributed by atoms with Gasteiger partial charge in [0.1, 0.15) is 11.6 Å². The van der Waals surface area contributed by atoms with Crippen LogP contribution in [0.25, 0.3) is 5.69 Å². The number of benzene rings is 2. The van der Waals surface area contributed by atoms with E-state index >= 15 is 0 Å². The molecule has 0 aliphatic heterocycles. The van der Waals surface area contributed by atoms with E-state index < -0.39 is 5.82 Å². The predicted octanol–water partition coefficient (Wildman–Crippen LogP) is 4.00. The first-order valence-electron chi connectivity index (χ1n) is 9.32. The number of nitriles is 1. The van der Waals surface area contributed by atoms with Crippen molar-refractivity contribution in [3.63, 3.8) is 0 Å². The molecule has 0 saturated heterocycles. The molecule has 8 heteroatoms. The standard InChI is InChI=1S/C22H21FN4O3/c1-15-25-9-10-27(15)19-7-6-17(13-18(19)23)26-22(28)4-3-11-30-20-8-5-16(14-24)12-21(20)29-2/h5-10,12-13H,3-4,11H2,1-2H3,(H,26,28). The zero-order valence-electron chi connectivity index (χ0n) is 16.7. The first kappa shape index (κ1) is 20.9. The summed E-state index contributed by atoms with van der Waals surface area (Å²) in [6, 6.07) is 11.4. The minimum atomic E-state index is -0.454. The molecule has 30 heavy (non-hydrogen) atoms. The van der Waals surface area contributed by atoms with Gasteiger partial charge in [-0.25, -0.2) is 9.37 Å². The van der Waals surface area contributed by atoms with Crippen molar-refractivity contribution in [3.8, 4) is 23.3 Å². The van der Waals surface area contributed by atoms with Crippen molar-refractivity contribution >= 4 is 11.6 Å². The molecule has 0 bridgehead atoms. The number of anilines is 1. The fourth-order valence-corrected chi connectivity index (χ4v) is 2.91. The van der Waals surface area contributed by atoms with Gasteiger partial charge in [-0.15, -0.1) is 0 Å². The molecule has 1 N–H and O–H groups in total. The number of hydrogen-bond donors (Lipinski definition) is 1. The van der Waals surface area contributed by atoms with Crippen LogP contribution in [0.5, 0.6) is 11.5 Å². The summed E-state index contributed by atoms with van der Waals surface area (Å²) in [4.78, 5) is 16.2. The van der Waals surface area contributed by atoms with Crippen LogP contribution in [0.15, 0.2) is 48.8 Å². The summed E-state index contributed by atoms with van der Waals surface area (Å²) in [5.74, 6) is 0.942. The monoisotopic (exact) mass is 408 g/mol. The minimum Gasteiger partial charge on any atom is -0.493 e. The Morgan fingerprint density at radius 1 is 1.27 bits per heavy atom. The van der Waals surface area contributed by atoms with E-state index in [4.69, 9.17) is 14.7 Å². The fourth-order valence-electron chi connectivity index (χ4n) is 2.91. The second kappa shape index (κ2) is 9.56. The third-order valence-electron chi connectivity index (χ3n) is 4.42. The lowest BCUT2D eigenvalue weighted by Gasteiger charge is -2.11. The second-order valence-electron chi connectivity index (χ2n) is 6.49. The van der Waals surface area contributed by atoms with Crippen molar-refractivity contribution in [1.29, 1.82) is 5.26 Å². The molecule has 0 spiro atoms. The van der Waals surface area contributed by atoms with Gasteiger partial charge in [-0.05, 0) is 43.7 Å². The van der Waals surface area contributed by atoms with E-state index in [-0.39, 0.29) is 12.3 Å². The maximum Gasteiger partial charge on any atom is 0.224 e. The van der Waals surface area contributed by atoms with Crippen molar-refractivity contribution in [3.05, 3.63) is 66.0 Å². The summed E-state index contributed by atoms with van der Waals surface area (Å²) in [5.41, 5.74) is 1.22. The Bertz CT molecular complexity index is 1090. The van der Waals surface area contributed by atoms with Gasteiger partial charge in [0.15, 0.2) is 11.5 Å². The normalized spacial score (nSPS) is 10.3. The Hall–Kier alpha value is -3.86. The Morgan fingerprint density at radius 2 is 2.10 bits per heavy atom. The first-order chi connectivity index (χ1) is 14.5. The molecule has 2 aromatic carbocycles. The summed E-state index contributed by atoms with van der Waals surface area (Å²) in [7, 11) is 1.50. The molecule has 1 heterocycles. The number of carbonyl (C=O) groups is 1. The molecule has 0 saturated carbocycles. The molecule has 0 fully saturated rings. The number of aromatic nitrogens is 2. The van der Waals surface area contributed by atoms with Crippen LogP contribution in [-0.4, -0.2) is 29.2 Å². The highest BCUT2D eigenvalue weighted by Gasteiger charge is 2.10. The van der Waals surface area contributed by atoms with Gasteiger partial charge in [-0.2, -0.15) is 5.26 Å². The summed E-state index contributed by atoms with van der Waals surface area (Å²) in [5, 5.41) is 11.6. The molecular weight excluding hydrogens is 387 g/mol. The third-order valence-corrected chi connectivity index (χ3v) is 4.42. The molecule has 1 amide bonds. The number of ether oxygens (including phenoxy) is 2. The van der Waals surface area contributed by atoms with Gasteiger partial charge >= 0.3 is 0 Å². The number of carbonyl (C=O) groups excluding carboxylic acids is 1. The van der Waals surface area contributed by atoms with Crippen molar-refractivity contribution in [2.45, 2.75) is 19.8 Å². The Labute approximate surface area is 173 Å². The van der Waals surface area contributed by atoms with Crippen molar-refractivity contribution in [2.24, 2.45) is 0 Å². The van der Waals surface area contributed by atoms with Crippen LogP contribution in [-0.2, 0) is 4.79 Å². The van der Waals surface area contributed by atoms with Gasteiger partial charge in [-0.1, -0.05) is 0 Å². The molecule has 3 aromatic rings. The van der Waals surface area contributed by atoms with Crippen molar-refractivity contribution in [2.75, 3.05) is 19.0 Å². The van der Waals surface area contributed by atoms with Crippen LogP contribution in [0.3, 0.4) is 0 Å². The smallest absolute Gasteiger partial charge is 0.224 e. The summed E-state index contributed by atoms with van der Waals surface area (Å²) < 4.78 is 26.9. The van der Waals surface area contributed by atoms with E-state index in [1.54, 1.807) is 54.2 Å². The lowest BCUT2D eigenvalue weighted by Crippen LogP contribution is -2.13. The molecule has 0 radical (unpaired) electrons. The maximum atomic E-state index is 14.4. The average molecular weight is 408 g/mol. The molecule has 1 aromatic heterocycles. The van der Waals surface area contributed by atoms with Crippen LogP contribution in [0.4, 0.5) is 10.1 Å².